The molecule has 0 saturated carbocycles. The van der Waals surface area contributed by atoms with E-state index in [2.05, 4.69) is 5.10 Å². The summed E-state index contributed by atoms with van der Waals surface area (Å²) in [4.78, 5) is 11.8. The highest BCUT2D eigenvalue weighted by Gasteiger charge is 2.15. The first-order valence-electron chi connectivity index (χ1n) is 7.90. The van der Waals surface area contributed by atoms with Crippen LogP contribution in [0.2, 0.25) is 0 Å². The van der Waals surface area contributed by atoms with Crippen LogP contribution in [0.4, 0.5) is 0 Å². The van der Waals surface area contributed by atoms with E-state index in [1.165, 1.54) is 13.4 Å². The minimum Gasteiger partial charge on any atom is -0.469 e. The minimum atomic E-state index is -3.26. The third kappa shape index (κ3) is 3.83. The van der Waals surface area contributed by atoms with Crippen molar-refractivity contribution in [2.24, 2.45) is 0 Å². The van der Waals surface area contributed by atoms with Gasteiger partial charge in [-0.2, -0.15) is 5.10 Å². The van der Waals surface area contributed by atoms with E-state index >= 15 is 0 Å². The highest BCUT2D eigenvalue weighted by atomic mass is 32.2. The maximum atomic E-state index is 11.7. The van der Waals surface area contributed by atoms with Crippen molar-refractivity contribution in [3.8, 4) is 16.9 Å². The van der Waals surface area contributed by atoms with Crippen LogP contribution in [0, 0.1) is 0 Å². The van der Waals surface area contributed by atoms with Crippen molar-refractivity contribution in [1.82, 2.24) is 9.78 Å². The van der Waals surface area contributed by atoms with Crippen LogP contribution in [0.15, 0.2) is 65.6 Å². The summed E-state index contributed by atoms with van der Waals surface area (Å²) in [7, 11) is -1.93. The summed E-state index contributed by atoms with van der Waals surface area (Å²) in [5.41, 5.74) is 2.97. The topological polar surface area (TPSA) is 78.3 Å². The van der Waals surface area contributed by atoms with Crippen LogP contribution in [-0.2, 0) is 25.8 Å². The van der Waals surface area contributed by atoms with Crippen LogP contribution in [0.25, 0.3) is 16.9 Å². The summed E-state index contributed by atoms with van der Waals surface area (Å²) in [6.45, 7) is 0. The zero-order chi connectivity index (χ0) is 18.7. The quantitative estimate of drug-likeness (QED) is 0.645. The molecule has 1 aromatic heterocycles. The molecule has 0 unspecified atom stereocenters. The fourth-order valence-corrected chi connectivity index (χ4v) is 3.21. The molecule has 0 aliphatic heterocycles. The molecule has 0 aliphatic carbocycles. The Morgan fingerprint density at radius 2 is 1.73 bits per heavy atom. The summed E-state index contributed by atoms with van der Waals surface area (Å²) in [6.07, 6.45) is 1.23. The summed E-state index contributed by atoms with van der Waals surface area (Å²) < 4.78 is 29.8. The Morgan fingerprint density at radius 1 is 1.08 bits per heavy atom. The molecule has 0 aliphatic rings. The van der Waals surface area contributed by atoms with Crippen LogP contribution in [0.5, 0.6) is 0 Å². The lowest BCUT2D eigenvalue weighted by molar-refractivity contribution is -0.139. The summed E-state index contributed by atoms with van der Waals surface area (Å²) in [5.74, 6) is -0.373. The Morgan fingerprint density at radius 3 is 2.31 bits per heavy atom. The molecule has 7 heteroatoms. The van der Waals surface area contributed by atoms with Crippen molar-refractivity contribution >= 4 is 15.8 Å². The van der Waals surface area contributed by atoms with E-state index in [4.69, 9.17) is 4.74 Å². The molecule has 0 fully saturated rings. The molecule has 6 nitrogen and oxygen atoms in total. The van der Waals surface area contributed by atoms with Gasteiger partial charge in [0.15, 0.2) is 9.84 Å². The van der Waals surface area contributed by atoms with E-state index in [0.29, 0.717) is 5.69 Å². The van der Waals surface area contributed by atoms with Gasteiger partial charge in [0.25, 0.3) is 0 Å². The Balaban J connectivity index is 2.08. The number of ether oxygens (including phenoxy) is 1. The fourth-order valence-electron chi connectivity index (χ4n) is 2.58. The highest BCUT2D eigenvalue weighted by Crippen LogP contribution is 2.25. The van der Waals surface area contributed by atoms with Gasteiger partial charge in [-0.25, -0.2) is 13.1 Å². The van der Waals surface area contributed by atoms with Crippen molar-refractivity contribution in [1.29, 1.82) is 0 Å². The normalized spacial score (nSPS) is 11.3. The molecule has 0 saturated heterocycles. The molecule has 3 aromatic rings. The lowest BCUT2D eigenvalue weighted by Gasteiger charge is -2.08. The molecular weight excluding hydrogens is 352 g/mol. The standard InChI is InChI=1S/C19H18N2O4S/c1-25-19(22)13-15-12-18(21(20-15)16-6-4-3-5-7-16)14-8-10-17(11-9-14)26(2,23)24/h3-12H,13H2,1-2H3. The van der Waals surface area contributed by atoms with Gasteiger partial charge in [-0.05, 0) is 30.3 Å². The summed E-state index contributed by atoms with van der Waals surface area (Å²) in [6, 6.07) is 17.9. The van der Waals surface area contributed by atoms with Gasteiger partial charge in [-0.15, -0.1) is 0 Å². The second-order valence-electron chi connectivity index (χ2n) is 5.82. The maximum Gasteiger partial charge on any atom is 0.311 e. The van der Waals surface area contributed by atoms with Crippen LogP contribution in [0.3, 0.4) is 0 Å². The van der Waals surface area contributed by atoms with E-state index < -0.39 is 9.84 Å². The Kier molecular flexibility index (Phi) is 4.90. The number of aromatic nitrogens is 2. The molecule has 0 amide bonds. The molecular formula is C19H18N2O4S. The SMILES string of the molecule is COC(=O)Cc1cc(-c2ccc(S(C)(=O)=O)cc2)n(-c2ccccc2)n1. The van der Waals surface area contributed by atoms with Crippen molar-refractivity contribution in [2.75, 3.05) is 13.4 Å². The zero-order valence-electron chi connectivity index (χ0n) is 14.4. The van der Waals surface area contributed by atoms with Crippen molar-refractivity contribution in [2.45, 2.75) is 11.3 Å². The van der Waals surface area contributed by atoms with Gasteiger partial charge in [-0.3, -0.25) is 4.79 Å². The molecule has 3 rings (SSSR count). The van der Waals surface area contributed by atoms with Gasteiger partial charge in [-0.1, -0.05) is 30.3 Å². The first kappa shape index (κ1) is 17.9. The van der Waals surface area contributed by atoms with Crippen molar-refractivity contribution < 1.29 is 17.9 Å². The number of benzene rings is 2. The summed E-state index contributed by atoms with van der Waals surface area (Å²) >= 11 is 0. The molecule has 1 heterocycles. The first-order valence-corrected chi connectivity index (χ1v) is 9.79. The number of esters is 1. The highest BCUT2D eigenvalue weighted by molar-refractivity contribution is 7.90. The van der Waals surface area contributed by atoms with Gasteiger partial charge in [0.1, 0.15) is 0 Å². The number of hydrogen-bond donors (Lipinski definition) is 0. The number of carbonyl (C=O) groups excluding carboxylic acids is 1. The monoisotopic (exact) mass is 370 g/mol. The van der Waals surface area contributed by atoms with Gasteiger partial charge >= 0.3 is 5.97 Å². The second kappa shape index (κ2) is 7.13. The molecule has 0 atom stereocenters. The first-order chi connectivity index (χ1) is 12.4. The van der Waals surface area contributed by atoms with Gasteiger partial charge in [0.05, 0.1) is 35.5 Å². The van der Waals surface area contributed by atoms with E-state index in [0.717, 1.165) is 16.9 Å². The third-order valence-electron chi connectivity index (χ3n) is 3.89. The largest absolute Gasteiger partial charge is 0.469 e. The Labute approximate surface area is 152 Å². The number of sulfone groups is 1. The van der Waals surface area contributed by atoms with E-state index in [9.17, 15) is 13.2 Å². The van der Waals surface area contributed by atoms with Gasteiger partial charge < -0.3 is 4.74 Å². The molecule has 26 heavy (non-hydrogen) atoms. The van der Waals surface area contributed by atoms with Gasteiger partial charge in [0, 0.05) is 11.8 Å². The smallest absolute Gasteiger partial charge is 0.311 e. The lowest BCUT2D eigenvalue weighted by Crippen LogP contribution is -2.06. The third-order valence-corrected chi connectivity index (χ3v) is 5.02. The van der Waals surface area contributed by atoms with Crippen LogP contribution < -0.4 is 0 Å². The predicted octanol–water partition coefficient (Wildman–Crippen LogP) is 2.66. The van der Waals surface area contributed by atoms with Crippen molar-refractivity contribution in [3.05, 3.63) is 66.4 Å². The Bertz CT molecular complexity index is 1020. The fraction of sp³-hybridized carbons (Fsp3) is 0.158. The maximum absolute atomic E-state index is 11.7. The molecule has 0 N–H and O–H groups in total. The minimum absolute atomic E-state index is 0.0603. The molecule has 0 spiro atoms. The van der Waals surface area contributed by atoms with E-state index in [1.807, 2.05) is 30.3 Å². The number of hydrogen-bond acceptors (Lipinski definition) is 5. The lowest BCUT2D eigenvalue weighted by atomic mass is 10.1. The number of nitrogens with zero attached hydrogens (tertiary/aromatic N) is 2. The van der Waals surface area contributed by atoms with Crippen LogP contribution in [0.1, 0.15) is 5.69 Å². The van der Waals surface area contributed by atoms with Crippen LogP contribution in [-0.4, -0.2) is 37.5 Å². The number of methoxy groups -OCH3 is 1. The average Bonchev–Trinajstić information content (AvgIpc) is 3.05. The molecule has 134 valence electrons. The number of para-hydroxylation sites is 1. The predicted molar refractivity (Wildman–Crippen MR) is 97.8 cm³/mol. The van der Waals surface area contributed by atoms with Crippen LogP contribution >= 0.6 is 0 Å². The van der Waals surface area contributed by atoms with Gasteiger partial charge in [0.2, 0.25) is 0 Å². The second-order valence-corrected chi connectivity index (χ2v) is 7.83. The average molecular weight is 370 g/mol. The number of carbonyl (C=O) groups is 1. The molecule has 0 radical (unpaired) electrons. The summed E-state index contributed by atoms with van der Waals surface area (Å²) in [5, 5.41) is 4.51. The zero-order valence-corrected chi connectivity index (χ0v) is 15.2. The molecule has 2 aromatic carbocycles. The number of rotatable bonds is 5. The van der Waals surface area contributed by atoms with Crippen molar-refractivity contribution in [3.63, 3.8) is 0 Å². The Hall–Kier alpha value is -2.93. The van der Waals surface area contributed by atoms with E-state index in [1.54, 1.807) is 35.0 Å². The molecule has 0 bridgehead atoms. The van der Waals surface area contributed by atoms with E-state index in [-0.39, 0.29) is 17.3 Å².